The van der Waals surface area contributed by atoms with Gasteiger partial charge in [-0.1, -0.05) is 0 Å². The van der Waals surface area contributed by atoms with Gasteiger partial charge >= 0.3 is 5.76 Å². The number of rotatable bonds is 6. The third kappa shape index (κ3) is 3.32. The highest BCUT2D eigenvalue weighted by Crippen LogP contribution is 2.25. The van der Waals surface area contributed by atoms with E-state index in [4.69, 9.17) is 9.15 Å². The van der Waals surface area contributed by atoms with Gasteiger partial charge in [-0.15, -0.1) is 0 Å². The summed E-state index contributed by atoms with van der Waals surface area (Å²) >= 11 is 0. The number of nitrogens with zero attached hydrogens (tertiary/aromatic N) is 1. The van der Waals surface area contributed by atoms with E-state index in [1.165, 1.54) is 10.6 Å². The first-order chi connectivity index (χ1) is 12.4. The van der Waals surface area contributed by atoms with Gasteiger partial charge in [-0.25, -0.2) is 13.2 Å². The first kappa shape index (κ1) is 18.1. The number of sulfonamides is 1. The summed E-state index contributed by atoms with van der Waals surface area (Å²) in [5, 5.41) is 0. The van der Waals surface area contributed by atoms with E-state index in [0.29, 0.717) is 35.7 Å². The molecule has 0 unspecified atom stereocenters. The van der Waals surface area contributed by atoms with Crippen LogP contribution in [0, 0.1) is 6.92 Å². The molecule has 26 heavy (non-hydrogen) atoms. The summed E-state index contributed by atoms with van der Waals surface area (Å²) in [5.41, 5.74) is 1.77. The summed E-state index contributed by atoms with van der Waals surface area (Å²) < 4.78 is 40.0. The highest BCUT2D eigenvalue weighted by Gasteiger charge is 2.20. The van der Waals surface area contributed by atoms with Crippen molar-refractivity contribution >= 4 is 26.8 Å². The van der Waals surface area contributed by atoms with Crippen molar-refractivity contribution < 1.29 is 17.6 Å². The van der Waals surface area contributed by atoms with E-state index < -0.39 is 15.8 Å². The number of ether oxygens (including phenoxy) is 1. The van der Waals surface area contributed by atoms with E-state index in [0.717, 1.165) is 0 Å². The van der Waals surface area contributed by atoms with Gasteiger partial charge in [-0.2, -0.15) is 0 Å². The molecule has 2 aromatic carbocycles. The molecule has 0 fully saturated rings. The van der Waals surface area contributed by atoms with Gasteiger partial charge in [0.15, 0.2) is 5.58 Å². The number of aryl methyl sites for hydroxylation is 2. The highest BCUT2D eigenvalue weighted by molar-refractivity contribution is 7.92. The molecule has 0 spiro atoms. The monoisotopic (exact) mass is 376 g/mol. The van der Waals surface area contributed by atoms with Crippen molar-refractivity contribution in [3.8, 4) is 5.75 Å². The van der Waals surface area contributed by atoms with Crippen LogP contribution in [0.1, 0.15) is 19.4 Å². The van der Waals surface area contributed by atoms with Gasteiger partial charge in [-0.3, -0.25) is 9.29 Å². The van der Waals surface area contributed by atoms with Crippen LogP contribution in [-0.4, -0.2) is 19.6 Å². The van der Waals surface area contributed by atoms with E-state index in [1.807, 2.05) is 13.8 Å². The molecule has 3 aromatic rings. The molecule has 0 radical (unpaired) electrons. The zero-order valence-corrected chi connectivity index (χ0v) is 15.6. The summed E-state index contributed by atoms with van der Waals surface area (Å²) in [5.74, 6) is 0.159. The lowest BCUT2D eigenvalue weighted by Crippen LogP contribution is -2.14. The van der Waals surface area contributed by atoms with Crippen LogP contribution in [0.2, 0.25) is 0 Å². The standard InChI is InChI=1S/C18H20N2O5S/c1-4-20-15-10-12(3)17(11-16(15)25-18(20)21)26(22,23)19-13-6-8-14(9-7-13)24-5-2/h6-11,19H,4-5H2,1-3H3. The zero-order chi connectivity index (χ0) is 18.9. The molecule has 0 aliphatic carbocycles. The number of anilines is 1. The molecule has 0 saturated heterocycles. The number of aromatic nitrogens is 1. The SMILES string of the molecule is CCOc1ccc(NS(=O)(=O)c2cc3oc(=O)n(CC)c3cc2C)cc1. The maximum atomic E-state index is 12.8. The Kier molecular flexibility index (Phi) is 4.78. The lowest BCUT2D eigenvalue weighted by molar-refractivity contribution is 0.340. The summed E-state index contributed by atoms with van der Waals surface area (Å²) in [7, 11) is -3.83. The molecular formula is C18H20N2O5S. The van der Waals surface area contributed by atoms with Crippen molar-refractivity contribution in [1.29, 1.82) is 0 Å². The summed E-state index contributed by atoms with van der Waals surface area (Å²) in [6, 6.07) is 9.68. The Hall–Kier alpha value is -2.74. The number of nitrogens with one attached hydrogen (secondary N) is 1. The topological polar surface area (TPSA) is 90.5 Å². The van der Waals surface area contributed by atoms with Gasteiger partial charge in [0.05, 0.1) is 17.0 Å². The Labute approximate surface area is 151 Å². The third-order valence-corrected chi connectivity index (χ3v) is 5.51. The highest BCUT2D eigenvalue weighted by atomic mass is 32.2. The van der Waals surface area contributed by atoms with Gasteiger partial charge in [-0.05, 0) is 56.7 Å². The number of fused-ring (bicyclic) bond motifs is 1. The van der Waals surface area contributed by atoms with Gasteiger partial charge in [0.1, 0.15) is 5.75 Å². The van der Waals surface area contributed by atoms with Crippen LogP contribution in [0.25, 0.3) is 11.1 Å². The second kappa shape index (κ2) is 6.87. The molecule has 0 aliphatic rings. The van der Waals surface area contributed by atoms with Crippen molar-refractivity contribution in [1.82, 2.24) is 4.57 Å². The molecule has 1 heterocycles. The zero-order valence-electron chi connectivity index (χ0n) is 14.8. The molecular weight excluding hydrogens is 356 g/mol. The molecule has 0 aliphatic heterocycles. The molecule has 0 atom stereocenters. The molecule has 0 amide bonds. The Morgan fingerprint density at radius 1 is 1.15 bits per heavy atom. The lowest BCUT2D eigenvalue weighted by Gasteiger charge is -2.11. The molecule has 138 valence electrons. The summed E-state index contributed by atoms with van der Waals surface area (Å²) in [6.07, 6.45) is 0. The quantitative estimate of drug-likeness (QED) is 0.714. The Morgan fingerprint density at radius 2 is 1.85 bits per heavy atom. The molecule has 7 nitrogen and oxygen atoms in total. The second-order valence-electron chi connectivity index (χ2n) is 5.76. The van der Waals surface area contributed by atoms with Gasteiger partial charge < -0.3 is 9.15 Å². The Balaban J connectivity index is 1.98. The van der Waals surface area contributed by atoms with Crippen molar-refractivity contribution in [3.63, 3.8) is 0 Å². The molecule has 1 aromatic heterocycles. The Bertz CT molecular complexity index is 1100. The van der Waals surface area contributed by atoms with Crippen LogP contribution in [0.4, 0.5) is 5.69 Å². The fourth-order valence-electron chi connectivity index (χ4n) is 2.78. The van der Waals surface area contributed by atoms with Gasteiger partial charge in [0, 0.05) is 18.3 Å². The third-order valence-electron chi connectivity index (χ3n) is 3.99. The van der Waals surface area contributed by atoms with Crippen LogP contribution in [0.5, 0.6) is 5.75 Å². The predicted molar refractivity (Wildman–Crippen MR) is 99.3 cm³/mol. The van der Waals surface area contributed by atoms with E-state index >= 15 is 0 Å². The predicted octanol–water partition coefficient (Wildman–Crippen LogP) is 3.12. The lowest BCUT2D eigenvalue weighted by atomic mass is 10.2. The first-order valence-corrected chi connectivity index (χ1v) is 9.73. The van der Waals surface area contributed by atoms with E-state index in [9.17, 15) is 13.2 Å². The van der Waals surface area contributed by atoms with E-state index in [-0.39, 0.29) is 10.5 Å². The minimum Gasteiger partial charge on any atom is -0.494 e. The summed E-state index contributed by atoms with van der Waals surface area (Å²) in [6.45, 7) is 6.36. The molecule has 0 bridgehead atoms. The van der Waals surface area contributed by atoms with Crippen LogP contribution in [0.15, 0.2) is 50.5 Å². The largest absolute Gasteiger partial charge is 0.494 e. The van der Waals surface area contributed by atoms with Gasteiger partial charge in [0.2, 0.25) is 0 Å². The molecule has 8 heteroatoms. The van der Waals surface area contributed by atoms with Crippen molar-refractivity contribution in [3.05, 3.63) is 52.5 Å². The smallest absolute Gasteiger partial charge is 0.419 e. The van der Waals surface area contributed by atoms with Crippen molar-refractivity contribution in [2.45, 2.75) is 32.2 Å². The van der Waals surface area contributed by atoms with Crippen molar-refractivity contribution in [2.24, 2.45) is 0 Å². The first-order valence-electron chi connectivity index (χ1n) is 8.25. The maximum absolute atomic E-state index is 12.8. The number of hydrogen-bond donors (Lipinski definition) is 1. The second-order valence-corrected chi connectivity index (χ2v) is 7.41. The van der Waals surface area contributed by atoms with Crippen LogP contribution in [-0.2, 0) is 16.6 Å². The van der Waals surface area contributed by atoms with Crippen LogP contribution < -0.4 is 15.2 Å². The molecule has 0 saturated carbocycles. The fourth-order valence-corrected chi connectivity index (χ4v) is 4.08. The minimum atomic E-state index is -3.83. The van der Waals surface area contributed by atoms with E-state index in [1.54, 1.807) is 37.3 Å². The maximum Gasteiger partial charge on any atom is 0.419 e. The summed E-state index contributed by atoms with van der Waals surface area (Å²) in [4.78, 5) is 11.9. The average molecular weight is 376 g/mol. The number of hydrogen-bond acceptors (Lipinski definition) is 5. The normalized spacial score (nSPS) is 11.7. The Morgan fingerprint density at radius 3 is 2.46 bits per heavy atom. The van der Waals surface area contributed by atoms with Crippen molar-refractivity contribution in [2.75, 3.05) is 11.3 Å². The fraction of sp³-hybridized carbons (Fsp3) is 0.278. The van der Waals surface area contributed by atoms with Crippen LogP contribution in [0.3, 0.4) is 0 Å². The molecule has 1 N–H and O–H groups in total. The number of oxazole rings is 1. The van der Waals surface area contributed by atoms with Gasteiger partial charge in [0.25, 0.3) is 10.0 Å². The molecule has 3 rings (SSSR count). The average Bonchev–Trinajstić information content (AvgIpc) is 2.90. The van der Waals surface area contributed by atoms with E-state index in [2.05, 4.69) is 4.72 Å². The van der Waals surface area contributed by atoms with Crippen LogP contribution >= 0.6 is 0 Å². The number of benzene rings is 2. The minimum absolute atomic E-state index is 0.0656.